The molecule has 2 aliphatic rings. The molecule has 1 aromatic rings. The first-order valence-electron chi connectivity index (χ1n) is 9.50. The Kier molecular flexibility index (Phi) is 6.53. The van der Waals surface area contributed by atoms with Crippen molar-refractivity contribution in [3.63, 3.8) is 0 Å². The standard InChI is InChI=1S/C19H24N2O7S/c1-14-13-16(19(24)27-14)28-18(23)8-7-17(22)20-9-11-21(12-10-20)29(25,26)15-5-3-2-4-6-15/h2-6,14,16H,7-13H2,1H3. The summed E-state index contributed by atoms with van der Waals surface area (Å²) in [6.45, 7) is 2.62. The summed E-state index contributed by atoms with van der Waals surface area (Å²) in [6.07, 6.45) is -1.07. The highest BCUT2D eigenvalue weighted by molar-refractivity contribution is 7.89. The number of amides is 1. The molecule has 0 radical (unpaired) electrons. The highest BCUT2D eigenvalue weighted by Gasteiger charge is 2.35. The Morgan fingerprint density at radius 3 is 2.34 bits per heavy atom. The highest BCUT2D eigenvalue weighted by Crippen LogP contribution is 2.19. The lowest BCUT2D eigenvalue weighted by Gasteiger charge is -2.34. The summed E-state index contributed by atoms with van der Waals surface area (Å²) in [6, 6.07) is 8.16. The minimum atomic E-state index is -3.58. The molecule has 0 aliphatic carbocycles. The van der Waals surface area contributed by atoms with Crippen molar-refractivity contribution in [2.45, 2.75) is 43.3 Å². The molecule has 0 aromatic heterocycles. The monoisotopic (exact) mass is 424 g/mol. The molecule has 0 N–H and O–H groups in total. The third-order valence-corrected chi connectivity index (χ3v) is 6.83. The second kappa shape index (κ2) is 8.91. The zero-order valence-corrected chi connectivity index (χ0v) is 17.0. The summed E-state index contributed by atoms with van der Waals surface area (Å²) in [5.41, 5.74) is 0. The lowest BCUT2D eigenvalue weighted by atomic mass is 10.2. The molecule has 2 unspecified atom stereocenters. The van der Waals surface area contributed by atoms with Crippen molar-refractivity contribution in [1.82, 2.24) is 9.21 Å². The number of hydrogen-bond acceptors (Lipinski definition) is 7. The number of carbonyl (C=O) groups excluding carboxylic acids is 3. The minimum absolute atomic E-state index is 0.0540. The largest absolute Gasteiger partial charge is 0.460 e. The molecule has 2 aliphatic heterocycles. The fraction of sp³-hybridized carbons (Fsp3) is 0.526. The Balaban J connectivity index is 1.44. The van der Waals surface area contributed by atoms with Gasteiger partial charge in [-0.25, -0.2) is 13.2 Å². The van der Waals surface area contributed by atoms with Gasteiger partial charge in [-0.3, -0.25) is 9.59 Å². The fourth-order valence-corrected chi connectivity index (χ4v) is 4.76. The zero-order valence-electron chi connectivity index (χ0n) is 16.2. The average Bonchev–Trinajstić information content (AvgIpc) is 3.03. The van der Waals surface area contributed by atoms with Crippen molar-refractivity contribution in [3.8, 4) is 0 Å². The van der Waals surface area contributed by atoms with Crippen LogP contribution < -0.4 is 0 Å². The smallest absolute Gasteiger partial charge is 0.347 e. The van der Waals surface area contributed by atoms with Crippen molar-refractivity contribution in [3.05, 3.63) is 30.3 Å². The molecule has 9 nitrogen and oxygen atoms in total. The van der Waals surface area contributed by atoms with Crippen LogP contribution in [0.4, 0.5) is 0 Å². The van der Waals surface area contributed by atoms with Crippen LogP contribution >= 0.6 is 0 Å². The Hall–Kier alpha value is -2.46. The molecule has 29 heavy (non-hydrogen) atoms. The average molecular weight is 424 g/mol. The fourth-order valence-electron chi connectivity index (χ4n) is 3.32. The number of sulfonamides is 1. The predicted molar refractivity (Wildman–Crippen MR) is 101 cm³/mol. The number of esters is 2. The van der Waals surface area contributed by atoms with Gasteiger partial charge in [0.15, 0.2) is 0 Å². The van der Waals surface area contributed by atoms with Crippen LogP contribution in [0.5, 0.6) is 0 Å². The van der Waals surface area contributed by atoms with Crippen molar-refractivity contribution in [2.75, 3.05) is 26.2 Å². The number of benzene rings is 1. The lowest BCUT2D eigenvalue weighted by Crippen LogP contribution is -2.50. The molecule has 3 rings (SSSR count). The van der Waals surface area contributed by atoms with E-state index in [9.17, 15) is 22.8 Å². The Morgan fingerprint density at radius 2 is 1.76 bits per heavy atom. The van der Waals surface area contributed by atoms with Gasteiger partial charge >= 0.3 is 11.9 Å². The van der Waals surface area contributed by atoms with Gasteiger partial charge in [-0.2, -0.15) is 4.31 Å². The van der Waals surface area contributed by atoms with Crippen molar-refractivity contribution in [1.29, 1.82) is 0 Å². The van der Waals surface area contributed by atoms with Gasteiger partial charge in [0.2, 0.25) is 22.0 Å². The third-order valence-electron chi connectivity index (χ3n) is 4.92. The quantitative estimate of drug-likeness (QED) is 0.613. The van der Waals surface area contributed by atoms with Crippen LogP contribution in [-0.4, -0.2) is 73.9 Å². The molecule has 2 atom stereocenters. The molecule has 10 heteroatoms. The molecule has 1 aromatic carbocycles. The Bertz CT molecular complexity index is 864. The van der Waals surface area contributed by atoms with Crippen LogP contribution in [0, 0.1) is 0 Å². The molecule has 2 fully saturated rings. The summed E-state index contributed by atoms with van der Waals surface area (Å²) in [5, 5.41) is 0. The topological polar surface area (TPSA) is 110 Å². The number of nitrogens with zero attached hydrogens (tertiary/aromatic N) is 2. The summed E-state index contributed by atoms with van der Waals surface area (Å²) in [7, 11) is -3.58. The van der Waals surface area contributed by atoms with E-state index in [2.05, 4.69) is 0 Å². The van der Waals surface area contributed by atoms with Crippen LogP contribution in [-0.2, 0) is 33.9 Å². The maximum Gasteiger partial charge on any atom is 0.347 e. The second-order valence-electron chi connectivity index (χ2n) is 7.06. The van der Waals surface area contributed by atoms with Gasteiger partial charge in [0.25, 0.3) is 0 Å². The first-order chi connectivity index (χ1) is 13.8. The van der Waals surface area contributed by atoms with E-state index in [-0.39, 0.29) is 55.9 Å². The second-order valence-corrected chi connectivity index (χ2v) is 9.00. The zero-order chi connectivity index (χ0) is 21.0. The SMILES string of the molecule is CC1CC(OC(=O)CCC(=O)N2CCN(S(=O)(=O)c3ccccc3)CC2)C(=O)O1. The maximum absolute atomic E-state index is 12.6. The van der Waals surface area contributed by atoms with Crippen LogP contribution in [0.15, 0.2) is 35.2 Å². The summed E-state index contributed by atoms with van der Waals surface area (Å²) >= 11 is 0. The number of cyclic esters (lactones) is 1. The van der Waals surface area contributed by atoms with E-state index in [1.807, 2.05) is 0 Å². The van der Waals surface area contributed by atoms with Gasteiger partial charge in [-0.1, -0.05) is 18.2 Å². The maximum atomic E-state index is 12.6. The van der Waals surface area contributed by atoms with Gasteiger partial charge in [0.1, 0.15) is 6.10 Å². The van der Waals surface area contributed by atoms with E-state index in [1.54, 1.807) is 37.3 Å². The third kappa shape index (κ3) is 5.13. The summed E-state index contributed by atoms with van der Waals surface area (Å²) in [5.74, 6) is -1.44. The molecular formula is C19H24N2O7S. The molecule has 1 amide bonds. The Labute approximate surface area is 169 Å². The number of rotatable bonds is 6. The Morgan fingerprint density at radius 1 is 1.10 bits per heavy atom. The van der Waals surface area contributed by atoms with E-state index in [0.29, 0.717) is 6.42 Å². The van der Waals surface area contributed by atoms with Crippen LogP contribution in [0.2, 0.25) is 0 Å². The highest BCUT2D eigenvalue weighted by atomic mass is 32.2. The van der Waals surface area contributed by atoms with Gasteiger partial charge in [-0.15, -0.1) is 0 Å². The first kappa shape index (κ1) is 21.3. The molecule has 0 saturated carbocycles. The summed E-state index contributed by atoms with van der Waals surface area (Å²) in [4.78, 5) is 37.5. The normalized spacial score (nSPS) is 22.9. The predicted octanol–water partition coefficient (Wildman–Crippen LogP) is 0.547. The molecule has 0 bridgehead atoms. The summed E-state index contributed by atoms with van der Waals surface area (Å²) < 4.78 is 36.6. The van der Waals surface area contributed by atoms with E-state index in [0.717, 1.165) is 0 Å². The number of ether oxygens (including phenoxy) is 2. The van der Waals surface area contributed by atoms with Crippen LogP contribution in [0.25, 0.3) is 0 Å². The molecular weight excluding hydrogens is 400 g/mol. The van der Waals surface area contributed by atoms with Crippen LogP contribution in [0.1, 0.15) is 26.2 Å². The van der Waals surface area contributed by atoms with Gasteiger partial charge in [-0.05, 0) is 19.1 Å². The molecule has 2 heterocycles. The first-order valence-corrected chi connectivity index (χ1v) is 10.9. The van der Waals surface area contributed by atoms with E-state index >= 15 is 0 Å². The number of piperazine rings is 1. The molecule has 158 valence electrons. The van der Waals surface area contributed by atoms with E-state index in [1.165, 1.54) is 9.21 Å². The number of hydrogen-bond donors (Lipinski definition) is 0. The lowest BCUT2D eigenvalue weighted by molar-refractivity contribution is -0.161. The van der Waals surface area contributed by atoms with Crippen molar-refractivity contribution in [2.24, 2.45) is 0 Å². The van der Waals surface area contributed by atoms with Crippen LogP contribution in [0.3, 0.4) is 0 Å². The van der Waals surface area contributed by atoms with Gasteiger partial charge in [0, 0.05) is 39.0 Å². The van der Waals surface area contributed by atoms with Gasteiger partial charge < -0.3 is 14.4 Å². The minimum Gasteiger partial charge on any atom is -0.460 e. The molecule has 2 saturated heterocycles. The van der Waals surface area contributed by atoms with E-state index < -0.39 is 28.1 Å². The molecule has 0 spiro atoms. The number of carbonyl (C=O) groups is 3. The van der Waals surface area contributed by atoms with Crippen molar-refractivity contribution >= 4 is 27.9 Å². The van der Waals surface area contributed by atoms with Gasteiger partial charge in [0.05, 0.1) is 11.3 Å². The van der Waals surface area contributed by atoms with E-state index in [4.69, 9.17) is 9.47 Å². The van der Waals surface area contributed by atoms with Crippen molar-refractivity contribution < 1.29 is 32.3 Å².